The van der Waals surface area contributed by atoms with Gasteiger partial charge in [0.15, 0.2) is 0 Å². The minimum absolute atomic E-state index is 0.0347. The molecule has 2 heterocycles. The number of fused-ring (bicyclic) bond motifs is 1. The highest BCUT2D eigenvalue weighted by Crippen LogP contribution is 2.39. The molecule has 0 unspecified atom stereocenters. The Bertz CT molecular complexity index is 1100. The van der Waals surface area contributed by atoms with Crippen LogP contribution in [0.2, 0.25) is 5.02 Å². The van der Waals surface area contributed by atoms with E-state index < -0.39 is 0 Å². The van der Waals surface area contributed by atoms with Gasteiger partial charge >= 0.3 is 0 Å². The summed E-state index contributed by atoms with van der Waals surface area (Å²) < 4.78 is 0. The molecule has 5 rings (SSSR count). The first kappa shape index (κ1) is 16.1. The van der Waals surface area contributed by atoms with Crippen molar-refractivity contribution in [3.63, 3.8) is 0 Å². The normalized spacial score (nSPS) is 16.7. The molecule has 1 aromatic heterocycles. The summed E-state index contributed by atoms with van der Waals surface area (Å²) in [5.74, 6) is 0.894. The molecule has 0 amide bonds. The number of nitrogens with zero attached hydrogens (tertiary/aromatic N) is 3. The summed E-state index contributed by atoms with van der Waals surface area (Å²) in [5.41, 5.74) is 5.02. The predicted octanol–water partition coefficient (Wildman–Crippen LogP) is 5.57. The van der Waals surface area contributed by atoms with Crippen molar-refractivity contribution >= 4 is 34.0 Å². The molecule has 4 aromatic rings. The molecular weight excluding hydrogens is 356 g/mol. The van der Waals surface area contributed by atoms with E-state index in [4.69, 9.17) is 21.7 Å². The van der Waals surface area contributed by atoms with Crippen molar-refractivity contribution in [2.75, 3.05) is 5.01 Å². The van der Waals surface area contributed by atoms with E-state index in [-0.39, 0.29) is 6.04 Å². The average Bonchev–Trinajstić information content (AvgIpc) is 3.33. The van der Waals surface area contributed by atoms with E-state index in [0.717, 1.165) is 40.2 Å². The number of rotatable bonds is 3. The first-order chi connectivity index (χ1) is 13.3. The largest absolute Gasteiger partial charge is 0.340 e. The minimum atomic E-state index is -0.0347. The van der Waals surface area contributed by atoms with Crippen LogP contribution in [0.3, 0.4) is 0 Å². The standard InChI is InChI=1S/C22H17ClN4/c23-16-10-4-7-13-20(16)27-21(14-19(26-27)15-8-2-1-3-9-15)22-24-17-11-5-6-12-18(17)25-22/h1-13,21H,14H2,(H,24,25)/t21-/m1/s1. The average molecular weight is 373 g/mol. The van der Waals surface area contributed by atoms with Crippen LogP contribution in [-0.4, -0.2) is 15.7 Å². The number of H-pyrrole nitrogens is 1. The molecule has 1 atom stereocenters. The van der Waals surface area contributed by atoms with Crippen LogP contribution >= 0.6 is 11.6 Å². The van der Waals surface area contributed by atoms with E-state index in [2.05, 4.69) is 17.1 Å². The Labute approximate surface area is 162 Å². The maximum Gasteiger partial charge on any atom is 0.132 e. The lowest BCUT2D eigenvalue weighted by Crippen LogP contribution is -2.20. The summed E-state index contributed by atoms with van der Waals surface area (Å²) in [5, 5.41) is 7.59. The van der Waals surface area contributed by atoms with Gasteiger partial charge in [-0.3, -0.25) is 5.01 Å². The summed E-state index contributed by atoms with van der Waals surface area (Å²) in [6.07, 6.45) is 0.759. The van der Waals surface area contributed by atoms with E-state index >= 15 is 0 Å². The molecule has 1 aliphatic rings. The summed E-state index contributed by atoms with van der Waals surface area (Å²) >= 11 is 6.49. The maximum absolute atomic E-state index is 6.49. The van der Waals surface area contributed by atoms with Crippen LogP contribution in [0.1, 0.15) is 23.9 Å². The number of benzene rings is 3. The van der Waals surface area contributed by atoms with E-state index in [9.17, 15) is 0 Å². The predicted molar refractivity (Wildman–Crippen MR) is 110 cm³/mol. The van der Waals surface area contributed by atoms with Crippen molar-refractivity contribution < 1.29 is 0 Å². The van der Waals surface area contributed by atoms with Crippen molar-refractivity contribution in [1.82, 2.24) is 9.97 Å². The highest BCUT2D eigenvalue weighted by atomic mass is 35.5. The van der Waals surface area contributed by atoms with Crippen LogP contribution in [0.15, 0.2) is 84.0 Å². The van der Waals surface area contributed by atoms with Gasteiger partial charge in [0.25, 0.3) is 0 Å². The molecule has 0 fully saturated rings. The lowest BCUT2D eigenvalue weighted by Gasteiger charge is -2.22. The molecule has 27 heavy (non-hydrogen) atoms. The number of aromatic nitrogens is 2. The second-order valence-electron chi connectivity index (χ2n) is 6.57. The number of hydrogen-bond acceptors (Lipinski definition) is 3. The van der Waals surface area contributed by atoms with Crippen molar-refractivity contribution in [2.45, 2.75) is 12.5 Å². The van der Waals surface area contributed by atoms with Gasteiger partial charge in [-0.15, -0.1) is 0 Å². The highest BCUT2D eigenvalue weighted by Gasteiger charge is 2.33. The van der Waals surface area contributed by atoms with Crippen molar-refractivity contribution in [1.29, 1.82) is 0 Å². The van der Waals surface area contributed by atoms with Crippen LogP contribution in [0.25, 0.3) is 11.0 Å². The van der Waals surface area contributed by atoms with Gasteiger partial charge in [0.05, 0.1) is 27.5 Å². The van der Waals surface area contributed by atoms with Gasteiger partial charge in [-0.05, 0) is 29.8 Å². The van der Waals surface area contributed by atoms with Gasteiger partial charge in [0, 0.05) is 6.42 Å². The van der Waals surface area contributed by atoms with Crippen LogP contribution in [0.4, 0.5) is 5.69 Å². The van der Waals surface area contributed by atoms with E-state index in [1.807, 2.05) is 71.7 Å². The molecule has 0 spiro atoms. The fourth-order valence-electron chi connectivity index (χ4n) is 3.52. The zero-order chi connectivity index (χ0) is 18.2. The van der Waals surface area contributed by atoms with E-state index in [0.29, 0.717) is 5.02 Å². The molecule has 0 saturated carbocycles. The summed E-state index contributed by atoms with van der Waals surface area (Å²) in [4.78, 5) is 8.27. The molecule has 132 valence electrons. The monoisotopic (exact) mass is 372 g/mol. The number of imidazole rings is 1. The third-order valence-electron chi connectivity index (χ3n) is 4.84. The van der Waals surface area contributed by atoms with Gasteiger partial charge in [0.2, 0.25) is 0 Å². The van der Waals surface area contributed by atoms with Crippen molar-refractivity contribution in [2.24, 2.45) is 5.10 Å². The highest BCUT2D eigenvalue weighted by molar-refractivity contribution is 6.33. The first-order valence-electron chi connectivity index (χ1n) is 8.91. The fraction of sp³-hybridized carbons (Fsp3) is 0.0909. The third-order valence-corrected chi connectivity index (χ3v) is 5.16. The minimum Gasteiger partial charge on any atom is -0.340 e. The van der Waals surface area contributed by atoms with Crippen molar-refractivity contribution in [3.05, 3.63) is 95.3 Å². The molecule has 0 saturated heterocycles. The van der Waals surface area contributed by atoms with Crippen molar-refractivity contribution in [3.8, 4) is 0 Å². The number of halogens is 1. The van der Waals surface area contributed by atoms with E-state index in [1.165, 1.54) is 0 Å². The van der Waals surface area contributed by atoms with Gasteiger partial charge in [-0.1, -0.05) is 66.2 Å². The van der Waals surface area contributed by atoms with Gasteiger partial charge in [-0.2, -0.15) is 5.10 Å². The summed E-state index contributed by atoms with van der Waals surface area (Å²) in [7, 11) is 0. The molecule has 1 aliphatic heterocycles. The van der Waals surface area contributed by atoms with Crippen LogP contribution in [0, 0.1) is 0 Å². The Hall–Kier alpha value is -3.11. The molecule has 1 N–H and O–H groups in total. The van der Waals surface area contributed by atoms with Gasteiger partial charge in [-0.25, -0.2) is 4.98 Å². The maximum atomic E-state index is 6.49. The zero-order valence-electron chi connectivity index (χ0n) is 14.5. The molecule has 0 aliphatic carbocycles. The molecule has 0 radical (unpaired) electrons. The van der Waals surface area contributed by atoms with Crippen LogP contribution in [0.5, 0.6) is 0 Å². The number of anilines is 1. The first-order valence-corrected chi connectivity index (χ1v) is 9.29. The summed E-state index contributed by atoms with van der Waals surface area (Å²) in [6, 6.07) is 26.1. The quantitative estimate of drug-likeness (QED) is 0.510. The smallest absolute Gasteiger partial charge is 0.132 e. The number of nitrogens with one attached hydrogen (secondary N) is 1. The van der Waals surface area contributed by atoms with E-state index in [1.54, 1.807) is 0 Å². The Morgan fingerprint density at radius 3 is 2.44 bits per heavy atom. The third kappa shape index (κ3) is 2.88. The number of aromatic amines is 1. The molecule has 5 heteroatoms. The number of para-hydroxylation sites is 3. The van der Waals surface area contributed by atoms with Crippen LogP contribution < -0.4 is 5.01 Å². The zero-order valence-corrected chi connectivity index (χ0v) is 15.3. The molecule has 4 nitrogen and oxygen atoms in total. The Kier molecular flexibility index (Phi) is 3.91. The topological polar surface area (TPSA) is 44.3 Å². The van der Waals surface area contributed by atoms with Crippen LogP contribution in [-0.2, 0) is 0 Å². The lowest BCUT2D eigenvalue weighted by molar-refractivity contribution is 0.671. The molecule has 3 aromatic carbocycles. The Morgan fingerprint density at radius 2 is 1.63 bits per heavy atom. The second kappa shape index (κ2) is 6.56. The van der Waals surface area contributed by atoms with Gasteiger partial charge in [0.1, 0.15) is 11.9 Å². The Morgan fingerprint density at radius 1 is 0.889 bits per heavy atom. The van der Waals surface area contributed by atoms with Gasteiger partial charge < -0.3 is 4.98 Å². The summed E-state index contributed by atoms with van der Waals surface area (Å²) in [6.45, 7) is 0. The molecule has 0 bridgehead atoms. The number of hydrazone groups is 1. The SMILES string of the molecule is Clc1ccccc1N1N=C(c2ccccc2)C[C@@H]1c1nc2ccccc2[nH]1. The fourth-order valence-corrected chi connectivity index (χ4v) is 3.74. The molecular formula is C22H17ClN4. The second-order valence-corrected chi connectivity index (χ2v) is 6.98. The lowest BCUT2D eigenvalue weighted by atomic mass is 10.0. The number of hydrogen-bond donors (Lipinski definition) is 1. The Balaban J connectivity index is 1.62.